The first-order chi connectivity index (χ1) is 4.70. The zero-order valence-electron chi connectivity index (χ0n) is 4.90. The van der Waals surface area contributed by atoms with Crippen molar-refractivity contribution < 1.29 is 9.90 Å². The first kappa shape index (κ1) is 7.16. The van der Waals surface area contributed by atoms with Crippen molar-refractivity contribution in [1.29, 1.82) is 0 Å². The monoisotopic (exact) mass is 162 g/mol. The zero-order chi connectivity index (χ0) is 7.56. The van der Waals surface area contributed by atoms with Crippen molar-refractivity contribution >= 4 is 23.8 Å². The summed E-state index contributed by atoms with van der Waals surface area (Å²) < 4.78 is 0. The van der Waals surface area contributed by atoms with E-state index in [0.29, 0.717) is 5.17 Å². The molecule has 1 aliphatic heterocycles. The SMILES string of the molecule is O=C(O)CN1NNN=C1S. The molecule has 0 spiro atoms. The second-order valence-electron chi connectivity index (χ2n) is 1.62. The molecule has 0 unspecified atom stereocenters. The number of hydrazine groups is 2. The summed E-state index contributed by atoms with van der Waals surface area (Å²) >= 11 is 3.85. The number of aliphatic carboxylic acids is 1. The molecule has 0 aromatic heterocycles. The molecule has 6 nitrogen and oxygen atoms in total. The van der Waals surface area contributed by atoms with Crippen molar-refractivity contribution in [3.05, 3.63) is 0 Å². The number of hydrazone groups is 1. The van der Waals surface area contributed by atoms with E-state index in [1.54, 1.807) is 0 Å². The summed E-state index contributed by atoms with van der Waals surface area (Å²) in [5.41, 5.74) is 4.81. The first-order valence-electron chi connectivity index (χ1n) is 2.47. The van der Waals surface area contributed by atoms with Gasteiger partial charge in [-0.15, -0.1) is 23.3 Å². The minimum Gasteiger partial charge on any atom is -0.480 e. The Kier molecular flexibility index (Phi) is 1.97. The molecule has 1 rings (SSSR count). The maximum Gasteiger partial charge on any atom is 0.324 e. The van der Waals surface area contributed by atoms with Crippen molar-refractivity contribution in [3.8, 4) is 0 Å². The van der Waals surface area contributed by atoms with Gasteiger partial charge in [-0.05, 0) is 0 Å². The summed E-state index contributed by atoms with van der Waals surface area (Å²) in [7, 11) is 0. The van der Waals surface area contributed by atoms with Gasteiger partial charge in [0.2, 0.25) is 0 Å². The van der Waals surface area contributed by atoms with Gasteiger partial charge in [0.05, 0.1) is 0 Å². The Balaban J connectivity index is 2.43. The number of carbonyl (C=O) groups is 1. The molecule has 0 bridgehead atoms. The maximum absolute atomic E-state index is 10.1. The quantitative estimate of drug-likeness (QED) is 0.375. The number of nitrogens with one attached hydrogen (secondary N) is 2. The van der Waals surface area contributed by atoms with E-state index in [4.69, 9.17) is 5.11 Å². The lowest BCUT2D eigenvalue weighted by molar-refractivity contribution is -0.137. The van der Waals surface area contributed by atoms with Crippen LogP contribution in [-0.2, 0) is 4.79 Å². The van der Waals surface area contributed by atoms with Crippen molar-refractivity contribution in [2.24, 2.45) is 5.10 Å². The van der Waals surface area contributed by atoms with Crippen LogP contribution in [0.15, 0.2) is 5.10 Å². The number of carboxylic acids is 1. The van der Waals surface area contributed by atoms with E-state index in [9.17, 15) is 4.79 Å². The molecule has 3 N–H and O–H groups in total. The standard InChI is InChI=1S/C3H6N4O2S/c8-2(9)1-7-3(10)4-5-6-7/h5-6H,1H2,(H,4,10)(H,8,9). The molecule has 1 aliphatic rings. The topological polar surface area (TPSA) is 77.0 Å². The molecule has 0 radical (unpaired) electrons. The van der Waals surface area contributed by atoms with Gasteiger partial charge in [0, 0.05) is 0 Å². The summed E-state index contributed by atoms with van der Waals surface area (Å²) in [5, 5.41) is 13.4. The second kappa shape index (κ2) is 2.76. The second-order valence-corrected chi connectivity index (χ2v) is 2.02. The molecule has 0 amide bonds. The fraction of sp³-hybridized carbons (Fsp3) is 0.333. The van der Waals surface area contributed by atoms with Crippen LogP contribution in [0.3, 0.4) is 0 Å². The molecular formula is C3H6N4O2S. The Morgan fingerprint density at radius 2 is 2.60 bits per heavy atom. The third kappa shape index (κ3) is 1.52. The van der Waals surface area contributed by atoms with Gasteiger partial charge < -0.3 is 5.11 Å². The Labute approximate surface area is 62.2 Å². The van der Waals surface area contributed by atoms with E-state index in [1.807, 2.05) is 0 Å². The normalized spacial score (nSPS) is 16.5. The predicted octanol–water partition coefficient (Wildman–Crippen LogP) is -1.40. The molecule has 0 saturated carbocycles. The lowest BCUT2D eigenvalue weighted by Crippen LogP contribution is -2.42. The Morgan fingerprint density at radius 3 is 3.00 bits per heavy atom. The van der Waals surface area contributed by atoms with E-state index in [-0.39, 0.29) is 6.54 Å². The van der Waals surface area contributed by atoms with Crippen molar-refractivity contribution in [2.45, 2.75) is 0 Å². The zero-order valence-corrected chi connectivity index (χ0v) is 5.80. The van der Waals surface area contributed by atoms with Crippen LogP contribution in [0.4, 0.5) is 0 Å². The molecule has 0 atom stereocenters. The van der Waals surface area contributed by atoms with Gasteiger partial charge in [-0.2, -0.15) is 0 Å². The average Bonchev–Trinajstić information content (AvgIpc) is 2.15. The van der Waals surface area contributed by atoms with Crippen molar-refractivity contribution in [2.75, 3.05) is 6.54 Å². The molecule has 10 heavy (non-hydrogen) atoms. The molecule has 56 valence electrons. The number of thiol groups is 1. The van der Waals surface area contributed by atoms with Gasteiger partial charge in [-0.3, -0.25) is 9.80 Å². The largest absolute Gasteiger partial charge is 0.480 e. The Morgan fingerprint density at radius 1 is 1.90 bits per heavy atom. The lowest BCUT2D eigenvalue weighted by atomic mass is 10.6. The fourth-order valence-corrected chi connectivity index (χ4v) is 0.662. The molecule has 0 fully saturated rings. The van der Waals surface area contributed by atoms with Crippen LogP contribution in [0, 0.1) is 0 Å². The summed E-state index contributed by atoms with van der Waals surface area (Å²) in [6.07, 6.45) is 0. The Hall–Kier alpha value is -0.950. The number of carboxylic acid groups (broad SMARTS) is 1. The highest BCUT2D eigenvalue weighted by Gasteiger charge is 2.15. The smallest absolute Gasteiger partial charge is 0.324 e. The summed E-state index contributed by atoms with van der Waals surface area (Å²) in [6.45, 7) is -0.171. The number of nitrogens with zero attached hydrogens (tertiary/aromatic N) is 2. The molecule has 0 saturated heterocycles. The highest BCUT2D eigenvalue weighted by molar-refractivity contribution is 7.96. The van der Waals surface area contributed by atoms with Crippen LogP contribution in [0.2, 0.25) is 0 Å². The fourth-order valence-electron chi connectivity index (χ4n) is 0.491. The summed E-state index contributed by atoms with van der Waals surface area (Å²) in [4.78, 5) is 10.1. The van der Waals surface area contributed by atoms with Gasteiger partial charge in [-0.25, -0.2) is 5.53 Å². The number of amidine groups is 1. The van der Waals surface area contributed by atoms with Crippen LogP contribution in [0.5, 0.6) is 0 Å². The van der Waals surface area contributed by atoms with E-state index in [2.05, 4.69) is 28.8 Å². The van der Waals surface area contributed by atoms with Gasteiger partial charge >= 0.3 is 5.97 Å². The lowest BCUT2D eigenvalue weighted by Gasteiger charge is -2.11. The van der Waals surface area contributed by atoms with E-state index >= 15 is 0 Å². The van der Waals surface area contributed by atoms with Crippen LogP contribution in [0.25, 0.3) is 0 Å². The summed E-state index contributed by atoms with van der Waals surface area (Å²) in [5.74, 6) is -0.946. The highest BCUT2D eigenvalue weighted by atomic mass is 32.1. The van der Waals surface area contributed by atoms with E-state index in [1.165, 1.54) is 5.01 Å². The summed E-state index contributed by atoms with van der Waals surface area (Å²) in [6, 6.07) is 0. The van der Waals surface area contributed by atoms with Gasteiger partial charge in [-0.1, -0.05) is 0 Å². The minimum absolute atomic E-state index is 0.171. The molecule has 7 heteroatoms. The minimum atomic E-state index is -0.946. The molecular weight excluding hydrogens is 156 g/mol. The molecule has 1 heterocycles. The molecule has 0 aromatic carbocycles. The maximum atomic E-state index is 10.1. The van der Waals surface area contributed by atoms with Crippen LogP contribution in [-0.4, -0.2) is 27.8 Å². The van der Waals surface area contributed by atoms with Crippen LogP contribution < -0.4 is 11.1 Å². The first-order valence-corrected chi connectivity index (χ1v) is 2.91. The van der Waals surface area contributed by atoms with Gasteiger partial charge in [0.25, 0.3) is 0 Å². The van der Waals surface area contributed by atoms with E-state index in [0.717, 1.165) is 0 Å². The third-order valence-corrected chi connectivity index (χ3v) is 1.22. The van der Waals surface area contributed by atoms with Gasteiger partial charge in [0.1, 0.15) is 6.54 Å². The molecule has 0 aliphatic carbocycles. The van der Waals surface area contributed by atoms with Crippen molar-refractivity contribution in [3.63, 3.8) is 0 Å². The van der Waals surface area contributed by atoms with Gasteiger partial charge in [0.15, 0.2) is 5.17 Å². The highest BCUT2D eigenvalue weighted by Crippen LogP contribution is 1.94. The van der Waals surface area contributed by atoms with Crippen molar-refractivity contribution in [1.82, 2.24) is 16.1 Å². The van der Waals surface area contributed by atoms with E-state index < -0.39 is 5.97 Å². The Bertz CT molecular complexity index is 181. The van der Waals surface area contributed by atoms with Crippen LogP contribution >= 0.6 is 12.6 Å². The molecule has 0 aromatic rings. The predicted molar refractivity (Wildman–Crippen MR) is 37.0 cm³/mol. The number of hydrogen-bond acceptors (Lipinski definition) is 5. The van der Waals surface area contributed by atoms with Crippen LogP contribution in [0.1, 0.15) is 0 Å². The number of rotatable bonds is 2. The average molecular weight is 162 g/mol. The number of hydrogen-bond donors (Lipinski definition) is 4. The third-order valence-electron chi connectivity index (χ3n) is 0.876.